The summed E-state index contributed by atoms with van der Waals surface area (Å²) in [7, 11) is 2.65. The Kier molecular flexibility index (Phi) is 4.98. The predicted molar refractivity (Wildman–Crippen MR) is 75.0 cm³/mol. The molecule has 0 spiro atoms. The van der Waals surface area contributed by atoms with Gasteiger partial charge in [0.15, 0.2) is 5.71 Å². The van der Waals surface area contributed by atoms with Crippen molar-refractivity contribution in [3.63, 3.8) is 0 Å². The Hall–Kier alpha value is -2.76. The lowest BCUT2D eigenvalue weighted by Crippen LogP contribution is -2.19. The van der Waals surface area contributed by atoms with Crippen LogP contribution >= 0.6 is 0 Å². The fourth-order valence-corrected chi connectivity index (χ4v) is 1.76. The van der Waals surface area contributed by atoms with Gasteiger partial charge in [-0.2, -0.15) is 0 Å². The molecule has 0 radical (unpaired) electrons. The number of carbonyl (C=O) groups is 1. The molecule has 1 aromatic heterocycles. The molecular weight excluding hydrogens is 274 g/mol. The molecule has 1 heterocycles. The SMILES string of the molecule is CO/N=C(/C(=O)OC)c1ccccc1COc1ccco1. The van der Waals surface area contributed by atoms with Crippen LogP contribution in [0, 0.1) is 0 Å². The van der Waals surface area contributed by atoms with Crippen LogP contribution in [0.1, 0.15) is 11.1 Å². The average Bonchev–Trinajstić information content (AvgIpc) is 3.04. The minimum atomic E-state index is -0.581. The van der Waals surface area contributed by atoms with Crippen LogP contribution in [0.25, 0.3) is 0 Å². The van der Waals surface area contributed by atoms with E-state index in [9.17, 15) is 4.79 Å². The van der Waals surface area contributed by atoms with Crippen molar-refractivity contribution in [2.75, 3.05) is 14.2 Å². The summed E-state index contributed by atoms with van der Waals surface area (Å²) in [5.41, 5.74) is 1.42. The molecule has 1 aromatic carbocycles. The summed E-state index contributed by atoms with van der Waals surface area (Å²) in [5.74, 6) is -0.185. The number of benzene rings is 1. The molecule has 0 bridgehead atoms. The molecule has 0 unspecified atom stereocenters. The van der Waals surface area contributed by atoms with E-state index in [1.165, 1.54) is 20.5 Å². The maximum Gasteiger partial charge on any atom is 0.360 e. The van der Waals surface area contributed by atoms with Gasteiger partial charge in [-0.3, -0.25) is 0 Å². The molecule has 0 N–H and O–H groups in total. The van der Waals surface area contributed by atoms with E-state index in [1.807, 2.05) is 12.1 Å². The third kappa shape index (κ3) is 3.62. The normalized spacial score (nSPS) is 11.0. The van der Waals surface area contributed by atoms with Gasteiger partial charge in [-0.25, -0.2) is 4.79 Å². The van der Waals surface area contributed by atoms with Gasteiger partial charge < -0.3 is 18.7 Å². The number of esters is 1. The Morgan fingerprint density at radius 1 is 1.19 bits per heavy atom. The van der Waals surface area contributed by atoms with Gasteiger partial charge in [0.1, 0.15) is 13.7 Å². The van der Waals surface area contributed by atoms with Gasteiger partial charge in [0.05, 0.1) is 13.4 Å². The molecule has 21 heavy (non-hydrogen) atoms. The van der Waals surface area contributed by atoms with Crippen molar-refractivity contribution in [1.82, 2.24) is 0 Å². The lowest BCUT2D eigenvalue weighted by atomic mass is 10.0. The van der Waals surface area contributed by atoms with E-state index in [4.69, 9.17) is 18.7 Å². The zero-order chi connectivity index (χ0) is 15.1. The zero-order valence-corrected chi connectivity index (χ0v) is 11.7. The summed E-state index contributed by atoms with van der Waals surface area (Å²) in [6, 6.07) is 10.6. The second-order valence-electron chi connectivity index (χ2n) is 3.99. The first kappa shape index (κ1) is 14.6. The van der Waals surface area contributed by atoms with E-state index in [-0.39, 0.29) is 12.3 Å². The van der Waals surface area contributed by atoms with E-state index < -0.39 is 5.97 Å². The maximum absolute atomic E-state index is 11.8. The molecular formula is C15H15NO5. The number of ether oxygens (including phenoxy) is 2. The summed E-state index contributed by atoms with van der Waals surface area (Å²) < 4.78 is 15.3. The maximum atomic E-state index is 11.8. The molecule has 110 valence electrons. The van der Waals surface area contributed by atoms with Gasteiger partial charge in [0.25, 0.3) is 5.95 Å². The summed E-state index contributed by atoms with van der Waals surface area (Å²) in [5, 5.41) is 3.73. The number of rotatable bonds is 6. The highest BCUT2D eigenvalue weighted by Gasteiger charge is 2.19. The zero-order valence-electron chi connectivity index (χ0n) is 11.7. The smallest absolute Gasteiger partial charge is 0.360 e. The molecule has 0 aliphatic carbocycles. The number of furan rings is 1. The average molecular weight is 289 g/mol. The number of carbonyl (C=O) groups excluding carboxylic acids is 1. The molecule has 6 heteroatoms. The van der Waals surface area contributed by atoms with Crippen molar-refractivity contribution in [1.29, 1.82) is 0 Å². The molecule has 0 aliphatic heterocycles. The highest BCUT2D eigenvalue weighted by molar-refractivity contribution is 6.43. The van der Waals surface area contributed by atoms with E-state index in [0.29, 0.717) is 11.5 Å². The Labute approximate surface area is 121 Å². The molecule has 0 saturated carbocycles. The molecule has 0 atom stereocenters. The fourth-order valence-electron chi connectivity index (χ4n) is 1.76. The Morgan fingerprint density at radius 2 is 2.00 bits per heavy atom. The van der Waals surface area contributed by atoms with Gasteiger partial charge in [0.2, 0.25) is 0 Å². The van der Waals surface area contributed by atoms with E-state index in [0.717, 1.165) is 5.56 Å². The van der Waals surface area contributed by atoms with Crippen LogP contribution < -0.4 is 4.74 Å². The van der Waals surface area contributed by atoms with Crippen molar-refractivity contribution in [3.05, 3.63) is 53.8 Å². The van der Waals surface area contributed by atoms with E-state index >= 15 is 0 Å². The van der Waals surface area contributed by atoms with Gasteiger partial charge in [-0.1, -0.05) is 29.4 Å². The van der Waals surface area contributed by atoms with Crippen molar-refractivity contribution < 1.29 is 23.5 Å². The Morgan fingerprint density at radius 3 is 2.67 bits per heavy atom. The molecule has 2 rings (SSSR count). The summed E-state index contributed by atoms with van der Waals surface area (Å²) >= 11 is 0. The van der Waals surface area contributed by atoms with Gasteiger partial charge in [-0.15, -0.1) is 0 Å². The first-order valence-corrected chi connectivity index (χ1v) is 6.20. The first-order valence-electron chi connectivity index (χ1n) is 6.20. The second-order valence-corrected chi connectivity index (χ2v) is 3.99. The number of oxime groups is 1. The quantitative estimate of drug-likeness (QED) is 0.464. The molecule has 0 fully saturated rings. The fraction of sp³-hybridized carbons (Fsp3) is 0.200. The van der Waals surface area contributed by atoms with Crippen LogP contribution in [-0.4, -0.2) is 25.9 Å². The molecule has 0 amide bonds. The third-order valence-electron chi connectivity index (χ3n) is 2.70. The minimum Gasteiger partial charge on any atom is -0.464 e. The van der Waals surface area contributed by atoms with Crippen molar-refractivity contribution in [2.24, 2.45) is 5.16 Å². The molecule has 0 saturated heterocycles. The van der Waals surface area contributed by atoms with Gasteiger partial charge in [0, 0.05) is 11.6 Å². The van der Waals surface area contributed by atoms with Crippen molar-refractivity contribution in [2.45, 2.75) is 6.61 Å². The highest BCUT2D eigenvalue weighted by Crippen LogP contribution is 2.16. The van der Waals surface area contributed by atoms with Crippen molar-refractivity contribution >= 4 is 11.7 Å². The number of hydrogen-bond donors (Lipinski definition) is 0. The highest BCUT2D eigenvalue weighted by atomic mass is 16.6. The Bertz CT molecular complexity index is 619. The second kappa shape index (κ2) is 7.14. The van der Waals surface area contributed by atoms with Crippen molar-refractivity contribution in [3.8, 4) is 5.95 Å². The minimum absolute atomic E-state index is 0.0821. The predicted octanol–water partition coefficient (Wildman–Crippen LogP) is 2.38. The van der Waals surface area contributed by atoms with E-state index in [2.05, 4.69) is 5.16 Å². The van der Waals surface area contributed by atoms with Crippen LogP contribution in [0.4, 0.5) is 0 Å². The number of methoxy groups -OCH3 is 1. The van der Waals surface area contributed by atoms with Crippen LogP contribution in [0.2, 0.25) is 0 Å². The third-order valence-corrected chi connectivity index (χ3v) is 2.70. The van der Waals surface area contributed by atoms with Crippen LogP contribution in [0.3, 0.4) is 0 Å². The van der Waals surface area contributed by atoms with E-state index in [1.54, 1.807) is 24.3 Å². The Balaban J connectivity index is 2.26. The number of nitrogens with zero attached hydrogens (tertiary/aromatic N) is 1. The van der Waals surface area contributed by atoms with Crippen LogP contribution in [0.15, 0.2) is 52.2 Å². The monoisotopic (exact) mass is 289 g/mol. The number of hydrogen-bond acceptors (Lipinski definition) is 6. The first-order chi connectivity index (χ1) is 10.3. The van der Waals surface area contributed by atoms with Crippen LogP contribution in [-0.2, 0) is 21.0 Å². The lowest BCUT2D eigenvalue weighted by Gasteiger charge is -2.10. The lowest BCUT2D eigenvalue weighted by molar-refractivity contribution is -0.132. The van der Waals surface area contributed by atoms with Gasteiger partial charge >= 0.3 is 5.97 Å². The molecule has 6 nitrogen and oxygen atoms in total. The molecule has 2 aromatic rings. The summed E-state index contributed by atoms with van der Waals surface area (Å²) in [4.78, 5) is 16.5. The van der Waals surface area contributed by atoms with Gasteiger partial charge in [-0.05, 0) is 11.6 Å². The standard InChI is InChI=1S/C15H15NO5/c1-18-15(17)14(16-19-2)12-7-4-3-6-11(12)10-21-13-8-5-9-20-13/h3-9H,10H2,1-2H3/b16-14+. The topological polar surface area (TPSA) is 70.3 Å². The summed E-state index contributed by atoms with van der Waals surface area (Å²) in [6.07, 6.45) is 1.52. The largest absolute Gasteiger partial charge is 0.464 e. The summed E-state index contributed by atoms with van der Waals surface area (Å²) in [6.45, 7) is 0.226. The molecule has 0 aliphatic rings. The van der Waals surface area contributed by atoms with Crippen LogP contribution in [0.5, 0.6) is 5.95 Å².